The number of aromatic nitrogens is 3. The molecule has 0 aliphatic carbocycles. The molecule has 34 heavy (non-hydrogen) atoms. The zero-order valence-corrected chi connectivity index (χ0v) is 19.8. The second-order valence-corrected chi connectivity index (χ2v) is 9.39. The number of hydrogen-bond acceptors (Lipinski definition) is 7. The first-order chi connectivity index (χ1) is 16.6. The van der Waals surface area contributed by atoms with E-state index in [1.807, 2.05) is 66.1 Å². The van der Waals surface area contributed by atoms with E-state index in [0.29, 0.717) is 40.6 Å². The van der Waals surface area contributed by atoms with E-state index in [1.54, 1.807) is 6.26 Å². The summed E-state index contributed by atoms with van der Waals surface area (Å²) in [5.74, 6) is 2.73. The number of thioether (sulfide) groups is 1. The van der Waals surface area contributed by atoms with Gasteiger partial charge in [0.05, 0.1) is 18.1 Å². The van der Waals surface area contributed by atoms with Gasteiger partial charge in [-0.2, -0.15) is 0 Å². The molecular formula is C24H21ClN4O4S. The number of hydrogen-bond donors (Lipinski definition) is 1. The SMILES string of the molecule is CC(Sc1nnc(-c2ccc(Cl)cc2)n1Cc1ccco1)C(=O)NCc1ccc2c(c1)OCO2. The van der Waals surface area contributed by atoms with Crippen molar-refractivity contribution in [1.29, 1.82) is 0 Å². The second kappa shape index (κ2) is 9.82. The quantitative estimate of drug-likeness (QED) is 0.351. The number of carbonyl (C=O) groups excluding carboxylic acids is 1. The third-order valence-corrected chi connectivity index (χ3v) is 6.60. The highest BCUT2D eigenvalue weighted by molar-refractivity contribution is 8.00. The number of nitrogens with one attached hydrogen (secondary N) is 1. The topological polar surface area (TPSA) is 91.4 Å². The van der Waals surface area contributed by atoms with Gasteiger partial charge in [0.1, 0.15) is 5.76 Å². The fourth-order valence-electron chi connectivity index (χ4n) is 3.48. The van der Waals surface area contributed by atoms with Crippen LogP contribution in [0.2, 0.25) is 5.02 Å². The molecule has 1 N–H and O–H groups in total. The Kier molecular flexibility index (Phi) is 6.46. The summed E-state index contributed by atoms with van der Waals surface area (Å²) in [4.78, 5) is 12.8. The smallest absolute Gasteiger partial charge is 0.233 e. The van der Waals surface area contributed by atoms with Crippen molar-refractivity contribution in [3.8, 4) is 22.9 Å². The molecule has 8 nitrogen and oxygen atoms in total. The molecule has 174 valence electrons. The molecule has 0 radical (unpaired) electrons. The van der Waals surface area contributed by atoms with Gasteiger partial charge in [-0.05, 0) is 61.0 Å². The van der Waals surface area contributed by atoms with Crippen molar-refractivity contribution >= 4 is 29.3 Å². The number of fused-ring (bicyclic) bond motifs is 1. The minimum absolute atomic E-state index is 0.108. The van der Waals surface area contributed by atoms with Gasteiger partial charge in [0.2, 0.25) is 12.7 Å². The summed E-state index contributed by atoms with van der Waals surface area (Å²) in [6.45, 7) is 2.88. The number of benzene rings is 2. The van der Waals surface area contributed by atoms with Crippen molar-refractivity contribution in [3.05, 3.63) is 77.2 Å². The number of carbonyl (C=O) groups is 1. The van der Waals surface area contributed by atoms with Crippen LogP contribution in [0.3, 0.4) is 0 Å². The summed E-state index contributed by atoms with van der Waals surface area (Å²) >= 11 is 7.38. The molecule has 10 heteroatoms. The van der Waals surface area contributed by atoms with Crippen molar-refractivity contribution in [2.45, 2.75) is 30.4 Å². The van der Waals surface area contributed by atoms with Crippen molar-refractivity contribution in [2.24, 2.45) is 0 Å². The van der Waals surface area contributed by atoms with Crippen LogP contribution in [0.15, 0.2) is 70.4 Å². The monoisotopic (exact) mass is 496 g/mol. The molecule has 0 fully saturated rings. The molecule has 1 aliphatic heterocycles. The van der Waals surface area contributed by atoms with Crippen LogP contribution in [0.5, 0.6) is 11.5 Å². The molecule has 1 amide bonds. The Balaban J connectivity index is 1.30. The van der Waals surface area contributed by atoms with Crippen LogP contribution in [0.4, 0.5) is 0 Å². The van der Waals surface area contributed by atoms with Crippen LogP contribution >= 0.6 is 23.4 Å². The van der Waals surface area contributed by atoms with E-state index in [9.17, 15) is 4.79 Å². The van der Waals surface area contributed by atoms with E-state index in [2.05, 4.69) is 15.5 Å². The minimum atomic E-state index is -0.397. The van der Waals surface area contributed by atoms with E-state index >= 15 is 0 Å². The van der Waals surface area contributed by atoms with Gasteiger partial charge in [-0.15, -0.1) is 10.2 Å². The van der Waals surface area contributed by atoms with Crippen LogP contribution in [-0.2, 0) is 17.9 Å². The lowest BCUT2D eigenvalue weighted by molar-refractivity contribution is -0.120. The van der Waals surface area contributed by atoms with E-state index in [1.165, 1.54) is 11.8 Å². The maximum atomic E-state index is 12.8. The van der Waals surface area contributed by atoms with Crippen LogP contribution in [-0.4, -0.2) is 32.7 Å². The summed E-state index contributed by atoms with van der Waals surface area (Å²) in [5.41, 5.74) is 1.80. The average molecular weight is 497 g/mol. The van der Waals surface area contributed by atoms with Crippen molar-refractivity contribution < 1.29 is 18.7 Å². The first-order valence-electron chi connectivity index (χ1n) is 10.6. The largest absolute Gasteiger partial charge is 0.467 e. The summed E-state index contributed by atoms with van der Waals surface area (Å²) in [7, 11) is 0. The number of ether oxygens (including phenoxy) is 2. The predicted octanol–water partition coefficient (Wildman–Crippen LogP) is 4.77. The molecule has 0 spiro atoms. The van der Waals surface area contributed by atoms with Crippen LogP contribution in [0.1, 0.15) is 18.2 Å². The molecule has 2 aromatic heterocycles. The molecule has 5 rings (SSSR count). The number of nitrogens with zero attached hydrogens (tertiary/aromatic N) is 3. The molecule has 1 atom stereocenters. The van der Waals surface area contributed by atoms with Gasteiger partial charge in [0.15, 0.2) is 22.5 Å². The van der Waals surface area contributed by atoms with E-state index < -0.39 is 5.25 Å². The Labute approximate surface area is 205 Å². The van der Waals surface area contributed by atoms with Crippen molar-refractivity contribution in [2.75, 3.05) is 6.79 Å². The molecule has 1 aliphatic rings. The highest BCUT2D eigenvalue weighted by atomic mass is 35.5. The zero-order chi connectivity index (χ0) is 23.5. The Bertz CT molecular complexity index is 1290. The molecule has 3 heterocycles. The first-order valence-corrected chi connectivity index (χ1v) is 11.9. The molecule has 2 aromatic carbocycles. The van der Waals surface area contributed by atoms with Crippen molar-refractivity contribution in [1.82, 2.24) is 20.1 Å². The van der Waals surface area contributed by atoms with Gasteiger partial charge < -0.3 is 19.2 Å². The summed E-state index contributed by atoms with van der Waals surface area (Å²) in [5, 5.41) is 12.6. The van der Waals surface area contributed by atoms with Gasteiger partial charge >= 0.3 is 0 Å². The molecular weight excluding hydrogens is 476 g/mol. The number of amides is 1. The molecule has 0 saturated carbocycles. The normalized spacial score (nSPS) is 13.1. The predicted molar refractivity (Wildman–Crippen MR) is 128 cm³/mol. The molecule has 4 aromatic rings. The molecule has 1 unspecified atom stereocenters. The Morgan fingerprint density at radius 3 is 2.76 bits per heavy atom. The minimum Gasteiger partial charge on any atom is -0.467 e. The number of rotatable bonds is 8. The van der Waals surface area contributed by atoms with Crippen LogP contribution in [0.25, 0.3) is 11.4 Å². The molecule has 0 bridgehead atoms. The standard InChI is InChI=1S/C24H21ClN4O4S/c1-15(23(30)26-12-16-4-9-20-21(11-16)33-14-32-20)34-24-28-27-22(17-5-7-18(25)8-6-17)29(24)13-19-3-2-10-31-19/h2-11,15H,12-14H2,1H3,(H,26,30). The number of furan rings is 1. The third-order valence-electron chi connectivity index (χ3n) is 5.27. The Hall–Kier alpha value is -3.43. The maximum absolute atomic E-state index is 12.8. The average Bonchev–Trinajstić information content (AvgIpc) is 3.60. The van der Waals surface area contributed by atoms with Crippen LogP contribution in [0, 0.1) is 0 Å². The zero-order valence-electron chi connectivity index (χ0n) is 18.2. The fraction of sp³-hybridized carbons (Fsp3) is 0.208. The van der Waals surface area contributed by atoms with E-state index in [-0.39, 0.29) is 12.7 Å². The first kappa shape index (κ1) is 22.4. The highest BCUT2D eigenvalue weighted by Crippen LogP contribution is 2.33. The van der Waals surface area contributed by atoms with Gasteiger partial charge in [-0.25, -0.2) is 0 Å². The van der Waals surface area contributed by atoms with Crippen molar-refractivity contribution in [3.63, 3.8) is 0 Å². The Morgan fingerprint density at radius 2 is 1.97 bits per heavy atom. The lowest BCUT2D eigenvalue weighted by atomic mass is 10.2. The summed E-state index contributed by atoms with van der Waals surface area (Å²) < 4.78 is 18.2. The lowest BCUT2D eigenvalue weighted by Gasteiger charge is -2.13. The van der Waals surface area contributed by atoms with E-state index in [0.717, 1.165) is 16.9 Å². The summed E-state index contributed by atoms with van der Waals surface area (Å²) in [6.07, 6.45) is 1.63. The Morgan fingerprint density at radius 1 is 1.15 bits per heavy atom. The fourth-order valence-corrected chi connectivity index (χ4v) is 4.48. The molecule has 0 saturated heterocycles. The second-order valence-electron chi connectivity index (χ2n) is 7.64. The lowest BCUT2D eigenvalue weighted by Crippen LogP contribution is -2.30. The maximum Gasteiger partial charge on any atom is 0.233 e. The number of halogens is 1. The van der Waals surface area contributed by atoms with Gasteiger partial charge in [0.25, 0.3) is 0 Å². The van der Waals surface area contributed by atoms with Gasteiger partial charge in [0, 0.05) is 17.1 Å². The van der Waals surface area contributed by atoms with E-state index in [4.69, 9.17) is 25.5 Å². The van der Waals surface area contributed by atoms with Crippen LogP contribution < -0.4 is 14.8 Å². The van der Waals surface area contributed by atoms with Gasteiger partial charge in [-0.3, -0.25) is 9.36 Å². The van der Waals surface area contributed by atoms with Gasteiger partial charge in [-0.1, -0.05) is 29.4 Å². The highest BCUT2D eigenvalue weighted by Gasteiger charge is 2.22. The third kappa shape index (κ3) is 4.90. The summed E-state index contributed by atoms with van der Waals surface area (Å²) in [6, 6.07) is 16.7.